The molecule has 0 saturated carbocycles. The van der Waals surface area contributed by atoms with Crippen LogP contribution in [-0.2, 0) is 14.4 Å². The first-order valence-corrected chi connectivity index (χ1v) is 8.15. The van der Waals surface area contributed by atoms with Crippen LogP contribution in [0.2, 0.25) is 0 Å². The molecule has 0 spiro atoms. The van der Waals surface area contributed by atoms with E-state index in [0.29, 0.717) is 18.2 Å². The third kappa shape index (κ3) is 3.05. The Balaban J connectivity index is 1.70. The van der Waals surface area contributed by atoms with Gasteiger partial charge in [0, 0.05) is 6.54 Å². The summed E-state index contributed by atoms with van der Waals surface area (Å²) < 4.78 is 5.36. The van der Waals surface area contributed by atoms with Crippen LogP contribution in [0, 0.1) is 0 Å². The number of fused-ring (bicyclic) bond motifs is 1. The highest BCUT2D eigenvalue weighted by molar-refractivity contribution is 6.20. The van der Waals surface area contributed by atoms with Crippen molar-refractivity contribution in [3.8, 4) is 0 Å². The van der Waals surface area contributed by atoms with E-state index in [-0.39, 0.29) is 17.7 Å². The summed E-state index contributed by atoms with van der Waals surface area (Å²) in [7, 11) is 0. The number of morpholine rings is 1. The van der Waals surface area contributed by atoms with Crippen molar-refractivity contribution in [2.24, 2.45) is 0 Å². The minimum Gasteiger partial charge on any atom is -0.378 e. The molecule has 0 bridgehead atoms. The van der Waals surface area contributed by atoms with Gasteiger partial charge in [-0.05, 0) is 25.1 Å². The highest BCUT2D eigenvalue weighted by atomic mass is 16.7. The Hall–Kier alpha value is -2.25. The molecule has 2 aliphatic rings. The molecule has 1 saturated heterocycles. The number of ether oxygens (including phenoxy) is 1. The lowest BCUT2D eigenvalue weighted by Gasteiger charge is -2.34. The summed E-state index contributed by atoms with van der Waals surface area (Å²) >= 11 is 0. The summed E-state index contributed by atoms with van der Waals surface area (Å²) in [5, 5.41) is 0.555. The third-order valence-electron chi connectivity index (χ3n) is 4.25. The summed E-state index contributed by atoms with van der Waals surface area (Å²) in [6.45, 7) is 4.21. The van der Waals surface area contributed by atoms with Crippen LogP contribution in [0.1, 0.15) is 40.5 Å². The van der Waals surface area contributed by atoms with E-state index in [0.717, 1.165) is 19.4 Å². The van der Waals surface area contributed by atoms with Gasteiger partial charge < -0.3 is 9.57 Å². The first kappa shape index (κ1) is 16.6. The van der Waals surface area contributed by atoms with Gasteiger partial charge in [0.25, 0.3) is 11.8 Å². The van der Waals surface area contributed by atoms with Crippen LogP contribution in [-0.4, -0.2) is 60.1 Å². The Morgan fingerprint density at radius 3 is 2.54 bits per heavy atom. The standard InChI is InChI=1S/C17H20N2O5/c1-2-3-8-18-9-10-23-11-14(18)17(22)24-19-15(20)12-6-4-5-7-13(12)16(19)21/h4-7,14H,2-3,8-11H2,1H3. The summed E-state index contributed by atoms with van der Waals surface area (Å²) in [5.74, 6) is -1.86. The maximum atomic E-state index is 12.5. The minimum absolute atomic E-state index is 0.200. The van der Waals surface area contributed by atoms with Gasteiger partial charge in [0.15, 0.2) is 0 Å². The zero-order chi connectivity index (χ0) is 17.1. The average molecular weight is 332 g/mol. The quantitative estimate of drug-likeness (QED) is 0.755. The Morgan fingerprint density at radius 2 is 1.92 bits per heavy atom. The molecule has 2 heterocycles. The molecule has 7 heteroatoms. The highest BCUT2D eigenvalue weighted by Gasteiger charge is 2.41. The van der Waals surface area contributed by atoms with E-state index in [1.165, 1.54) is 0 Å². The molecule has 2 amide bonds. The van der Waals surface area contributed by atoms with Crippen LogP contribution in [0.15, 0.2) is 24.3 Å². The van der Waals surface area contributed by atoms with Crippen molar-refractivity contribution >= 4 is 17.8 Å². The molecule has 1 aromatic rings. The van der Waals surface area contributed by atoms with Gasteiger partial charge in [-0.15, -0.1) is 0 Å². The Kier molecular flexibility index (Phi) is 4.92. The smallest absolute Gasteiger partial charge is 0.352 e. The lowest BCUT2D eigenvalue weighted by molar-refractivity contribution is -0.180. The molecule has 128 valence electrons. The van der Waals surface area contributed by atoms with Crippen molar-refractivity contribution in [1.29, 1.82) is 0 Å². The van der Waals surface area contributed by atoms with E-state index in [1.807, 2.05) is 4.90 Å². The van der Waals surface area contributed by atoms with Crippen molar-refractivity contribution < 1.29 is 24.0 Å². The Morgan fingerprint density at radius 1 is 1.25 bits per heavy atom. The third-order valence-corrected chi connectivity index (χ3v) is 4.25. The molecule has 7 nitrogen and oxygen atoms in total. The first-order chi connectivity index (χ1) is 11.6. The topological polar surface area (TPSA) is 76.2 Å². The number of hydrogen-bond donors (Lipinski definition) is 0. The number of amides is 2. The SMILES string of the molecule is CCCCN1CCOCC1C(=O)ON1C(=O)c2ccccc2C1=O. The van der Waals surface area contributed by atoms with Crippen molar-refractivity contribution in [3.63, 3.8) is 0 Å². The maximum absolute atomic E-state index is 12.5. The monoisotopic (exact) mass is 332 g/mol. The first-order valence-electron chi connectivity index (χ1n) is 8.15. The van der Waals surface area contributed by atoms with Gasteiger partial charge in [0.05, 0.1) is 24.3 Å². The molecule has 1 fully saturated rings. The van der Waals surface area contributed by atoms with Crippen LogP contribution < -0.4 is 0 Å². The molecule has 0 aromatic heterocycles. The summed E-state index contributed by atoms with van der Waals surface area (Å²) in [5.41, 5.74) is 0.496. The number of carbonyl (C=O) groups is 3. The van der Waals surface area contributed by atoms with Gasteiger partial charge in [-0.1, -0.05) is 30.5 Å². The van der Waals surface area contributed by atoms with Crippen LogP contribution in [0.3, 0.4) is 0 Å². The van der Waals surface area contributed by atoms with Crippen molar-refractivity contribution in [2.75, 3.05) is 26.3 Å². The molecule has 0 N–H and O–H groups in total. The average Bonchev–Trinajstić information content (AvgIpc) is 2.85. The number of imide groups is 1. The summed E-state index contributed by atoms with van der Waals surface area (Å²) in [6.07, 6.45) is 1.97. The fraction of sp³-hybridized carbons (Fsp3) is 0.471. The van der Waals surface area contributed by atoms with Gasteiger partial charge in [-0.3, -0.25) is 14.5 Å². The number of rotatable bonds is 5. The van der Waals surface area contributed by atoms with E-state index in [4.69, 9.17) is 9.57 Å². The predicted octanol–water partition coefficient (Wildman–Crippen LogP) is 1.24. The maximum Gasteiger partial charge on any atom is 0.352 e. The number of hydrogen-bond acceptors (Lipinski definition) is 6. The zero-order valence-electron chi connectivity index (χ0n) is 13.6. The number of nitrogens with zero attached hydrogens (tertiary/aromatic N) is 2. The second-order valence-corrected chi connectivity index (χ2v) is 5.84. The molecule has 2 aliphatic heterocycles. The summed E-state index contributed by atoms with van der Waals surface area (Å²) in [4.78, 5) is 44.1. The van der Waals surface area contributed by atoms with Crippen LogP contribution >= 0.6 is 0 Å². The molecule has 0 aliphatic carbocycles. The van der Waals surface area contributed by atoms with Crippen molar-refractivity contribution in [3.05, 3.63) is 35.4 Å². The molecule has 1 unspecified atom stereocenters. The second-order valence-electron chi connectivity index (χ2n) is 5.84. The van der Waals surface area contributed by atoms with E-state index in [9.17, 15) is 14.4 Å². The fourth-order valence-corrected chi connectivity index (χ4v) is 2.88. The van der Waals surface area contributed by atoms with E-state index >= 15 is 0 Å². The van der Waals surface area contributed by atoms with Gasteiger partial charge in [-0.25, -0.2) is 4.79 Å². The number of benzene rings is 1. The number of hydroxylamine groups is 2. The predicted molar refractivity (Wildman–Crippen MR) is 84.1 cm³/mol. The minimum atomic E-state index is -0.639. The number of carbonyl (C=O) groups excluding carboxylic acids is 3. The van der Waals surface area contributed by atoms with Crippen molar-refractivity contribution in [1.82, 2.24) is 9.96 Å². The van der Waals surface area contributed by atoms with E-state index in [2.05, 4.69) is 6.92 Å². The van der Waals surface area contributed by atoms with Crippen molar-refractivity contribution in [2.45, 2.75) is 25.8 Å². The lowest BCUT2D eigenvalue weighted by Crippen LogP contribution is -2.52. The molecule has 24 heavy (non-hydrogen) atoms. The van der Waals surface area contributed by atoms with E-state index in [1.54, 1.807) is 24.3 Å². The molecule has 3 rings (SSSR count). The van der Waals surface area contributed by atoms with Gasteiger partial charge >= 0.3 is 5.97 Å². The van der Waals surface area contributed by atoms with Crippen LogP contribution in [0.5, 0.6) is 0 Å². The largest absolute Gasteiger partial charge is 0.378 e. The molecule has 0 radical (unpaired) electrons. The zero-order valence-corrected chi connectivity index (χ0v) is 13.6. The Labute approximate surface area is 140 Å². The van der Waals surface area contributed by atoms with E-state index < -0.39 is 23.8 Å². The second kappa shape index (κ2) is 7.11. The highest BCUT2D eigenvalue weighted by Crippen LogP contribution is 2.23. The Bertz CT molecular complexity index is 625. The number of unbranched alkanes of at least 4 members (excludes halogenated alkanes) is 1. The van der Waals surface area contributed by atoms with Crippen LogP contribution in [0.25, 0.3) is 0 Å². The molecule has 1 atom stereocenters. The van der Waals surface area contributed by atoms with Gasteiger partial charge in [0.2, 0.25) is 0 Å². The lowest BCUT2D eigenvalue weighted by atomic mass is 10.1. The molecular weight excluding hydrogens is 312 g/mol. The molecule has 1 aromatic carbocycles. The van der Waals surface area contributed by atoms with Crippen LogP contribution in [0.4, 0.5) is 0 Å². The fourth-order valence-electron chi connectivity index (χ4n) is 2.88. The summed E-state index contributed by atoms with van der Waals surface area (Å²) in [6, 6.07) is 5.81. The molecular formula is C17H20N2O5. The van der Waals surface area contributed by atoms with Gasteiger partial charge in [0.1, 0.15) is 6.04 Å². The normalized spacial score (nSPS) is 21.0. The van der Waals surface area contributed by atoms with Gasteiger partial charge in [-0.2, -0.15) is 0 Å².